The molecule has 0 bridgehead atoms. The molecular formula is C19H18FN5O3S. The van der Waals surface area contributed by atoms with Gasteiger partial charge in [0.2, 0.25) is 0 Å². The number of urea groups is 1. The summed E-state index contributed by atoms with van der Waals surface area (Å²) in [6, 6.07) is 12.3. The number of halogens is 1. The standard InChI is InChI=1S/C19H18FN5O3S/c1-22-19(26)24-14-6-2-12(3-7-14)18-23-15(10-17(21)25-18)11-29(27,28)16-8-4-13(20)5-9-16/h2-10H,11H2,1H3,(H2,21,23,25)(H2,22,24,26). The third-order valence-electron chi connectivity index (χ3n) is 3.94. The molecule has 0 saturated carbocycles. The Morgan fingerprint density at radius 2 is 1.72 bits per heavy atom. The highest BCUT2D eigenvalue weighted by molar-refractivity contribution is 7.90. The van der Waals surface area contributed by atoms with Crippen molar-refractivity contribution in [2.75, 3.05) is 18.1 Å². The summed E-state index contributed by atoms with van der Waals surface area (Å²) in [6.45, 7) is 0. The third kappa shape index (κ3) is 5.05. The largest absolute Gasteiger partial charge is 0.384 e. The van der Waals surface area contributed by atoms with Crippen LogP contribution < -0.4 is 16.4 Å². The maximum absolute atomic E-state index is 13.1. The summed E-state index contributed by atoms with van der Waals surface area (Å²) in [5.41, 5.74) is 7.20. The van der Waals surface area contributed by atoms with Crippen LogP contribution in [-0.4, -0.2) is 31.5 Å². The van der Waals surface area contributed by atoms with Gasteiger partial charge in [0.1, 0.15) is 11.6 Å². The van der Waals surface area contributed by atoms with Gasteiger partial charge < -0.3 is 16.4 Å². The lowest BCUT2D eigenvalue weighted by Crippen LogP contribution is -2.24. The van der Waals surface area contributed by atoms with Gasteiger partial charge in [-0.25, -0.2) is 27.6 Å². The van der Waals surface area contributed by atoms with Crippen LogP contribution in [0.3, 0.4) is 0 Å². The summed E-state index contributed by atoms with van der Waals surface area (Å²) in [4.78, 5) is 19.8. The molecule has 0 fully saturated rings. The Bertz CT molecular complexity index is 1130. The van der Waals surface area contributed by atoms with Gasteiger partial charge in [-0.15, -0.1) is 0 Å². The first-order valence-electron chi connectivity index (χ1n) is 8.48. The molecule has 3 rings (SSSR count). The Hall–Kier alpha value is -3.53. The molecule has 1 heterocycles. The Morgan fingerprint density at radius 3 is 2.34 bits per heavy atom. The molecule has 29 heavy (non-hydrogen) atoms. The molecular weight excluding hydrogens is 397 g/mol. The second kappa shape index (κ2) is 8.23. The molecule has 4 N–H and O–H groups in total. The molecule has 0 atom stereocenters. The minimum absolute atomic E-state index is 0.0118. The first-order valence-corrected chi connectivity index (χ1v) is 10.1. The Kier molecular flexibility index (Phi) is 5.74. The monoisotopic (exact) mass is 415 g/mol. The highest BCUT2D eigenvalue weighted by atomic mass is 32.2. The SMILES string of the molecule is CNC(=O)Nc1ccc(-c2nc(N)cc(CS(=O)(=O)c3ccc(F)cc3)n2)cc1. The van der Waals surface area contributed by atoms with Crippen LogP contribution in [0.4, 0.5) is 20.7 Å². The number of hydrogen-bond donors (Lipinski definition) is 3. The molecule has 8 nitrogen and oxygen atoms in total. The summed E-state index contributed by atoms with van der Waals surface area (Å²) in [6.07, 6.45) is 0. The molecule has 0 unspecified atom stereocenters. The van der Waals surface area contributed by atoms with Gasteiger partial charge >= 0.3 is 6.03 Å². The lowest BCUT2D eigenvalue weighted by Gasteiger charge is -2.09. The first kappa shape index (κ1) is 20.2. The molecule has 0 aliphatic rings. The average Bonchev–Trinajstić information content (AvgIpc) is 2.68. The molecule has 2 amide bonds. The lowest BCUT2D eigenvalue weighted by molar-refractivity contribution is 0.254. The van der Waals surface area contributed by atoms with Crippen molar-refractivity contribution in [3.63, 3.8) is 0 Å². The fraction of sp³-hybridized carbons (Fsp3) is 0.105. The van der Waals surface area contributed by atoms with E-state index in [0.29, 0.717) is 11.3 Å². The number of aromatic nitrogens is 2. The van der Waals surface area contributed by atoms with E-state index in [1.165, 1.54) is 25.2 Å². The van der Waals surface area contributed by atoms with Crippen molar-refractivity contribution in [3.05, 3.63) is 66.1 Å². The summed E-state index contributed by atoms with van der Waals surface area (Å²) in [5.74, 6) is -0.561. The lowest BCUT2D eigenvalue weighted by atomic mass is 10.2. The number of nitrogens with one attached hydrogen (secondary N) is 2. The molecule has 3 aromatic rings. The van der Waals surface area contributed by atoms with E-state index < -0.39 is 21.4 Å². The molecule has 0 saturated heterocycles. The Balaban J connectivity index is 1.86. The smallest absolute Gasteiger partial charge is 0.318 e. The first-order chi connectivity index (χ1) is 13.8. The van der Waals surface area contributed by atoms with Crippen LogP contribution in [0.25, 0.3) is 11.4 Å². The maximum Gasteiger partial charge on any atom is 0.318 e. The van der Waals surface area contributed by atoms with Crippen molar-refractivity contribution in [1.29, 1.82) is 0 Å². The molecule has 1 aromatic heterocycles. The quantitative estimate of drug-likeness (QED) is 0.550. The van der Waals surface area contributed by atoms with E-state index in [0.717, 1.165) is 12.1 Å². The molecule has 0 spiro atoms. The van der Waals surface area contributed by atoms with Gasteiger partial charge in [0.25, 0.3) is 0 Å². The number of amides is 2. The van der Waals surface area contributed by atoms with E-state index in [9.17, 15) is 17.6 Å². The van der Waals surface area contributed by atoms with E-state index in [4.69, 9.17) is 5.73 Å². The minimum atomic E-state index is -3.74. The van der Waals surface area contributed by atoms with E-state index in [1.807, 2.05) is 0 Å². The number of hydrogen-bond acceptors (Lipinski definition) is 6. The highest BCUT2D eigenvalue weighted by Crippen LogP contribution is 2.22. The van der Waals surface area contributed by atoms with Crippen LogP contribution in [0.1, 0.15) is 5.69 Å². The number of nitrogens with zero attached hydrogens (tertiary/aromatic N) is 2. The number of benzene rings is 2. The van der Waals surface area contributed by atoms with Gasteiger partial charge in [-0.1, -0.05) is 0 Å². The van der Waals surface area contributed by atoms with Crippen molar-refractivity contribution in [3.8, 4) is 11.4 Å². The second-order valence-electron chi connectivity index (χ2n) is 6.10. The van der Waals surface area contributed by atoms with Gasteiger partial charge in [0.15, 0.2) is 15.7 Å². The van der Waals surface area contributed by atoms with Crippen molar-refractivity contribution in [2.24, 2.45) is 0 Å². The number of anilines is 2. The molecule has 2 aromatic carbocycles. The summed E-state index contributed by atoms with van der Waals surface area (Å²) < 4.78 is 38.2. The predicted octanol–water partition coefficient (Wildman–Crippen LogP) is 2.59. The Morgan fingerprint density at radius 1 is 1.07 bits per heavy atom. The fourth-order valence-corrected chi connectivity index (χ4v) is 3.79. The van der Waals surface area contributed by atoms with Crippen LogP contribution in [0.5, 0.6) is 0 Å². The topological polar surface area (TPSA) is 127 Å². The van der Waals surface area contributed by atoms with Crippen LogP contribution >= 0.6 is 0 Å². The zero-order valence-corrected chi connectivity index (χ0v) is 16.2. The molecule has 0 radical (unpaired) electrons. The summed E-state index contributed by atoms with van der Waals surface area (Å²) in [7, 11) is -2.23. The van der Waals surface area contributed by atoms with Crippen LogP contribution in [0, 0.1) is 5.82 Å². The van der Waals surface area contributed by atoms with Crippen molar-refractivity contribution in [2.45, 2.75) is 10.6 Å². The van der Waals surface area contributed by atoms with Gasteiger partial charge in [-0.2, -0.15) is 0 Å². The normalized spacial score (nSPS) is 11.1. The summed E-state index contributed by atoms with van der Waals surface area (Å²) >= 11 is 0. The van der Waals surface area contributed by atoms with Crippen molar-refractivity contribution < 1.29 is 17.6 Å². The maximum atomic E-state index is 13.1. The molecule has 10 heteroatoms. The van der Waals surface area contributed by atoms with Gasteiger partial charge in [0.05, 0.1) is 16.3 Å². The van der Waals surface area contributed by atoms with E-state index in [-0.39, 0.29) is 28.3 Å². The number of nitrogens with two attached hydrogens (primary N) is 1. The molecule has 150 valence electrons. The Labute approximate surface area is 166 Å². The van der Waals surface area contributed by atoms with Crippen LogP contribution in [0.15, 0.2) is 59.5 Å². The van der Waals surface area contributed by atoms with E-state index in [1.54, 1.807) is 24.3 Å². The van der Waals surface area contributed by atoms with Crippen LogP contribution in [-0.2, 0) is 15.6 Å². The molecule has 0 aliphatic heterocycles. The number of rotatable bonds is 5. The number of carbonyl (C=O) groups excluding carboxylic acids is 1. The second-order valence-corrected chi connectivity index (χ2v) is 8.09. The zero-order valence-electron chi connectivity index (χ0n) is 15.4. The van der Waals surface area contributed by atoms with Crippen LogP contribution in [0.2, 0.25) is 0 Å². The predicted molar refractivity (Wildman–Crippen MR) is 107 cm³/mol. The number of sulfone groups is 1. The van der Waals surface area contributed by atoms with Crippen molar-refractivity contribution in [1.82, 2.24) is 15.3 Å². The van der Waals surface area contributed by atoms with Gasteiger partial charge in [0, 0.05) is 24.4 Å². The van der Waals surface area contributed by atoms with Gasteiger partial charge in [-0.3, -0.25) is 0 Å². The zero-order chi connectivity index (χ0) is 21.0. The van der Waals surface area contributed by atoms with E-state index in [2.05, 4.69) is 20.6 Å². The molecule has 0 aliphatic carbocycles. The fourth-order valence-electron chi connectivity index (χ4n) is 2.54. The highest BCUT2D eigenvalue weighted by Gasteiger charge is 2.18. The summed E-state index contributed by atoms with van der Waals surface area (Å²) in [5, 5.41) is 5.07. The number of carbonyl (C=O) groups is 1. The number of nitrogen functional groups attached to an aromatic ring is 1. The van der Waals surface area contributed by atoms with Crippen molar-refractivity contribution >= 4 is 27.4 Å². The average molecular weight is 415 g/mol. The van der Waals surface area contributed by atoms with E-state index >= 15 is 0 Å². The minimum Gasteiger partial charge on any atom is -0.384 e. The third-order valence-corrected chi connectivity index (χ3v) is 5.60. The van der Waals surface area contributed by atoms with Gasteiger partial charge in [-0.05, 0) is 48.5 Å².